The van der Waals surface area contributed by atoms with Gasteiger partial charge in [-0.3, -0.25) is 4.79 Å². The Morgan fingerprint density at radius 1 is 1.23 bits per heavy atom. The number of aromatic nitrogens is 1. The van der Waals surface area contributed by atoms with Crippen LogP contribution < -0.4 is 9.54 Å². The molecular weight excluding hydrogens is 434 g/mol. The fourth-order valence-corrected chi connectivity index (χ4v) is 6.36. The zero-order valence-corrected chi connectivity index (χ0v) is 19.2. The number of nitrogens with zero attached hydrogens (tertiary/aromatic N) is 3. The second-order valence-electron chi connectivity index (χ2n) is 7.47. The fraction of sp³-hybridized carbons (Fsp3) is 0.364. The van der Waals surface area contributed by atoms with Gasteiger partial charge in [0.2, 0.25) is 10.0 Å². The number of sulfonamides is 1. The lowest BCUT2D eigenvalue weighted by atomic mass is 9.99. The lowest BCUT2D eigenvalue weighted by molar-refractivity contribution is -0.122. The first-order valence-corrected chi connectivity index (χ1v) is 12.5. The van der Waals surface area contributed by atoms with Gasteiger partial charge in [0, 0.05) is 20.1 Å². The van der Waals surface area contributed by atoms with Crippen LogP contribution in [0.1, 0.15) is 19.8 Å². The van der Waals surface area contributed by atoms with Crippen LogP contribution in [0.5, 0.6) is 5.75 Å². The van der Waals surface area contributed by atoms with Gasteiger partial charge in [-0.25, -0.2) is 8.42 Å². The van der Waals surface area contributed by atoms with Crippen LogP contribution in [-0.4, -0.2) is 42.9 Å². The van der Waals surface area contributed by atoms with Crippen LogP contribution in [0.3, 0.4) is 0 Å². The van der Waals surface area contributed by atoms with E-state index in [2.05, 4.69) is 4.99 Å². The number of amides is 1. The minimum atomic E-state index is -3.62. The molecule has 1 aromatic heterocycles. The highest BCUT2D eigenvalue weighted by Crippen LogP contribution is 2.25. The van der Waals surface area contributed by atoms with E-state index < -0.39 is 15.9 Å². The monoisotopic (exact) mass is 459 g/mol. The number of carbonyl (C=O) groups is 1. The Hall–Kier alpha value is -2.49. The molecule has 2 heterocycles. The molecule has 1 amide bonds. The molecule has 1 aliphatic heterocycles. The van der Waals surface area contributed by atoms with Gasteiger partial charge in [-0.05, 0) is 50.1 Å². The summed E-state index contributed by atoms with van der Waals surface area (Å²) >= 11 is 1.42. The molecule has 4 rings (SSSR count). The maximum absolute atomic E-state index is 13.0. The molecule has 1 atom stereocenters. The Bertz CT molecular complexity index is 1260. The molecule has 0 spiro atoms. The minimum absolute atomic E-state index is 0.155. The van der Waals surface area contributed by atoms with E-state index in [0.29, 0.717) is 30.8 Å². The zero-order chi connectivity index (χ0) is 22.0. The van der Waals surface area contributed by atoms with E-state index in [9.17, 15) is 13.2 Å². The van der Waals surface area contributed by atoms with Gasteiger partial charge >= 0.3 is 0 Å². The Labute approximate surface area is 185 Å². The van der Waals surface area contributed by atoms with Crippen molar-refractivity contribution in [3.63, 3.8) is 0 Å². The van der Waals surface area contributed by atoms with E-state index in [-0.39, 0.29) is 17.3 Å². The lowest BCUT2D eigenvalue weighted by Crippen LogP contribution is -2.42. The summed E-state index contributed by atoms with van der Waals surface area (Å²) in [6.07, 6.45) is 1.26. The summed E-state index contributed by atoms with van der Waals surface area (Å²) < 4.78 is 35.7. The zero-order valence-electron chi connectivity index (χ0n) is 17.5. The number of benzene rings is 2. The molecule has 0 radical (unpaired) electrons. The van der Waals surface area contributed by atoms with E-state index in [4.69, 9.17) is 4.74 Å². The summed E-state index contributed by atoms with van der Waals surface area (Å²) in [6, 6.07) is 14.1. The molecule has 0 saturated carbocycles. The molecule has 7 nitrogen and oxygen atoms in total. The van der Waals surface area contributed by atoms with Gasteiger partial charge in [-0.1, -0.05) is 29.5 Å². The third-order valence-corrected chi connectivity index (χ3v) is 8.39. The van der Waals surface area contributed by atoms with Crippen molar-refractivity contribution in [1.82, 2.24) is 8.87 Å². The Morgan fingerprint density at radius 3 is 2.74 bits per heavy atom. The third-order valence-electron chi connectivity index (χ3n) is 5.41. The molecular formula is C22H25N3O4S2. The number of piperidine rings is 1. The van der Waals surface area contributed by atoms with Crippen molar-refractivity contribution in [3.8, 4) is 5.75 Å². The number of thiazole rings is 1. The van der Waals surface area contributed by atoms with Gasteiger partial charge in [0.1, 0.15) is 5.75 Å². The largest absolute Gasteiger partial charge is 0.494 e. The summed E-state index contributed by atoms with van der Waals surface area (Å²) in [5.74, 6) is 0.0559. The van der Waals surface area contributed by atoms with E-state index >= 15 is 0 Å². The first kappa shape index (κ1) is 21.7. The van der Waals surface area contributed by atoms with Crippen LogP contribution in [-0.2, 0) is 21.9 Å². The summed E-state index contributed by atoms with van der Waals surface area (Å²) in [6.45, 7) is 3.09. The van der Waals surface area contributed by atoms with Crippen molar-refractivity contribution in [2.75, 3.05) is 19.7 Å². The number of ether oxygens (including phenoxy) is 1. The number of carbonyl (C=O) groups excluding carboxylic acids is 1. The first-order valence-electron chi connectivity index (χ1n) is 10.3. The van der Waals surface area contributed by atoms with E-state index in [0.717, 1.165) is 16.0 Å². The molecule has 1 unspecified atom stereocenters. The minimum Gasteiger partial charge on any atom is -0.494 e. The molecule has 1 aliphatic rings. The van der Waals surface area contributed by atoms with E-state index in [1.807, 2.05) is 36.7 Å². The Morgan fingerprint density at radius 2 is 2.00 bits per heavy atom. The highest BCUT2D eigenvalue weighted by molar-refractivity contribution is 7.89. The SMILES string of the molecule is CCOc1ccc2c(c1)sc(=NC(=O)C1CCCN(S(=O)(=O)c3ccccc3)C1)n2C. The fourth-order valence-electron chi connectivity index (χ4n) is 3.77. The van der Waals surface area contributed by atoms with Gasteiger partial charge in [-0.15, -0.1) is 0 Å². The van der Waals surface area contributed by atoms with Crippen molar-refractivity contribution in [2.45, 2.75) is 24.7 Å². The van der Waals surface area contributed by atoms with Crippen LogP contribution in [0, 0.1) is 5.92 Å². The highest BCUT2D eigenvalue weighted by Gasteiger charge is 2.33. The average molecular weight is 460 g/mol. The number of rotatable bonds is 5. The Kier molecular flexibility index (Phi) is 6.27. The normalized spacial score (nSPS) is 18.4. The number of fused-ring (bicyclic) bond motifs is 1. The predicted octanol–water partition coefficient (Wildman–Crippen LogP) is 3.17. The topological polar surface area (TPSA) is 81.0 Å². The van der Waals surface area contributed by atoms with Crippen LogP contribution in [0.25, 0.3) is 10.2 Å². The smallest absolute Gasteiger partial charge is 0.252 e. The van der Waals surface area contributed by atoms with Gasteiger partial charge in [0.15, 0.2) is 4.80 Å². The molecule has 0 bridgehead atoms. The number of hydrogen-bond donors (Lipinski definition) is 0. The average Bonchev–Trinajstić information content (AvgIpc) is 3.09. The second-order valence-corrected chi connectivity index (χ2v) is 10.4. The Balaban J connectivity index is 1.58. The third kappa shape index (κ3) is 4.44. The predicted molar refractivity (Wildman–Crippen MR) is 120 cm³/mol. The van der Waals surface area contributed by atoms with E-state index in [1.54, 1.807) is 30.3 Å². The number of hydrogen-bond acceptors (Lipinski definition) is 5. The van der Waals surface area contributed by atoms with Crippen LogP contribution in [0.15, 0.2) is 58.4 Å². The van der Waals surface area contributed by atoms with Gasteiger partial charge < -0.3 is 9.30 Å². The van der Waals surface area contributed by atoms with E-state index in [1.165, 1.54) is 15.6 Å². The molecule has 1 fully saturated rings. The maximum atomic E-state index is 13.0. The highest BCUT2D eigenvalue weighted by atomic mass is 32.2. The molecule has 3 aromatic rings. The van der Waals surface area contributed by atoms with Gasteiger partial charge in [-0.2, -0.15) is 9.30 Å². The lowest BCUT2D eigenvalue weighted by Gasteiger charge is -2.30. The molecule has 0 N–H and O–H groups in total. The summed E-state index contributed by atoms with van der Waals surface area (Å²) in [5.41, 5.74) is 0.969. The summed E-state index contributed by atoms with van der Waals surface area (Å²) in [7, 11) is -1.74. The van der Waals surface area contributed by atoms with Crippen molar-refractivity contribution >= 4 is 37.5 Å². The molecule has 1 saturated heterocycles. The molecule has 9 heteroatoms. The second kappa shape index (κ2) is 8.94. The summed E-state index contributed by atoms with van der Waals surface area (Å²) in [5, 5.41) is 0. The van der Waals surface area contributed by atoms with Crippen molar-refractivity contribution < 1.29 is 17.9 Å². The number of aryl methyl sites for hydroxylation is 1. The molecule has 31 heavy (non-hydrogen) atoms. The quantitative estimate of drug-likeness (QED) is 0.587. The first-order chi connectivity index (χ1) is 14.9. The van der Waals surface area contributed by atoms with Crippen molar-refractivity contribution in [1.29, 1.82) is 0 Å². The molecule has 164 valence electrons. The van der Waals surface area contributed by atoms with Crippen LogP contribution in [0.4, 0.5) is 0 Å². The van der Waals surface area contributed by atoms with Gasteiger partial charge in [0.25, 0.3) is 5.91 Å². The van der Waals surface area contributed by atoms with Crippen molar-refractivity contribution in [2.24, 2.45) is 18.0 Å². The standard InChI is InChI=1S/C22H25N3O4S2/c1-3-29-17-11-12-19-20(14-17)30-22(24(19)2)23-21(26)16-8-7-13-25(15-16)31(27,28)18-9-5-4-6-10-18/h4-6,9-12,14,16H,3,7-8,13,15H2,1-2H3. The summed E-state index contributed by atoms with van der Waals surface area (Å²) in [4.78, 5) is 18.2. The maximum Gasteiger partial charge on any atom is 0.252 e. The van der Waals surface area contributed by atoms with Crippen LogP contribution >= 0.6 is 11.3 Å². The van der Waals surface area contributed by atoms with Crippen LogP contribution in [0.2, 0.25) is 0 Å². The molecule has 0 aliphatic carbocycles. The molecule has 2 aromatic carbocycles. The van der Waals surface area contributed by atoms with Crippen molar-refractivity contribution in [3.05, 3.63) is 53.3 Å². The van der Waals surface area contributed by atoms with Gasteiger partial charge in [0.05, 0.1) is 27.6 Å².